The van der Waals surface area contributed by atoms with Crippen LogP contribution in [0.5, 0.6) is 0 Å². The fourth-order valence-corrected chi connectivity index (χ4v) is 10.8. The number of amides is 1. The maximum atomic E-state index is 16.0. The van der Waals surface area contributed by atoms with Gasteiger partial charge in [-0.15, -0.1) is 0 Å². The monoisotopic (exact) mass is 967 g/mol. The average Bonchev–Trinajstić information content (AvgIpc) is 3.33. The van der Waals surface area contributed by atoms with Crippen LogP contribution in [0.15, 0.2) is 102 Å². The molecular formula is C51H57N3O16. The standard InChI is InChI=1S/C51H57N3O16/c1-27-33(66-47(62)41(68-37(58)25-53)39(30-16-10-7-11-17-30)54-45(60)31-18-12-8-13-19-31)23-51(63)44(69-46(61)32-20-14-9-15-21-32)42-49(6,43(59)40(65-28(2)55)38(27)48(51,4)5)34(67-36(57)24-52)22-35-50(42,26-64-35)70-29(3)56/h7-21,33-35,39-42,44,63H,22-26,52-53H2,1-6H3,(H,54,60)/t33-,34-,35+,39-,40+,41+,42?,44-,49+,50-,51+/m0/s1. The number of ketones is 1. The van der Waals surface area contributed by atoms with E-state index in [1.165, 1.54) is 52.0 Å². The minimum Gasteiger partial charge on any atom is -0.460 e. The number of hydrogen-bond donors (Lipinski definition) is 4. The van der Waals surface area contributed by atoms with Gasteiger partial charge in [0.25, 0.3) is 5.91 Å². The molecule has 3 fully saturated rings. The van der Waals surface area contributed by atoms with Gasteiger partial charge in [0, 0.05) is 37.7 Å². The average molecular weight is 968 g/mol. The van der Waals surface area contributed by atoms with Crippen molar-refractivity contribution in [1.29, 1.82) is 0 Å². The van der Waals surface area contributed by atoms with Gasteiger partial charge in [0.2, 0.25) is 6.10 Å². The third kappa shape index (κ3) is 9.09. The van der Waals surface area contributed by atoms with Crippen molar-refractivity contribution >= 4 is 47.5 Å². The number of esters is 6. The highest BCUT2D eigenvalue weighted by Gasteiger charge is 2.79. The number of benzene rings is 3. The van der Waals surface area contributed by atoms with Gasteiger partial charge in [0.05, 0.1) is 36.6 Å². The van der Waals surface area contributed by atoms with Gasteiger partial charge < -0.3 is 55.0 Å². The second kappa shape index (κ2) is 19.9. The van der Waals surface area contributed by atoms with Crippen molar-refractivity contribution in [3.8, 4) is 0 Å². The third-order valence-corrected chi connectivity index (χ3v) is 14.3. The molecule has 1 aliphatic heterocycles. The van der Waals surface area contributed by atoms with Crippen LogP contribution in [0.3, 0.4) is 0 Å². The molecular weight excluding hydrogens is 911 g/mol. The molecule has 1 saturated heterocycles. The molecule has 19 heteroatoms. The van der Waals surface area contributed by atoms with Crippen LogP contribution in [-0.2, 0) is 61.9 Å². The highest BCUT2D eigenvalue weighted by atomic mass is 16.6. The van der Waals surface area contributed by atoms with Gasteiger partial charge in [-0.25, -0.2) is 9.59 Å². The third-order valence-electron chi connectivity index (χ3n) is 14.3. The Morgan fingerprint density at radius 3 is 1.91 bits per heavy atom. The Morgan fingerprint density at radius 1 is 0.786 bits per heavy atom. The van der Waals surface area contributed by atoms with Crippen molar-refractivity contribution in [2.45, 2.75) is 108 Å². The minimum absolute atomic E-state index is 0.0152. The van der Waals surface area contributed by atoms with E-state index >= 15 is 9.59 Å². The van der Waals surface area contributed by atoms with Gasteiger partial charge in [-0.1, -0.05) is 80.6 Å². The number of fused-ring (bicyclic) bond motifs is 5. The first kappa shape index (κ1) is 51.1. The summed E-state index contributed by atoms with van der Waals surface area (Å²) in [5.41, 5.74) is 3.65. The molecule has 2 bridgehead atoms. The van der Waals surface area contributed by atoms with E-state index in [0.717, 1.165) is 13.8 Å². The summed E-state index contributed by atoms with van der Waals surface area (Å²) >= 11 is 0. The molecule has 1 unspecified atom stereocenters. The second-order valence-electron chi connectivity index (χ2n) is 18.7. The molecule has 70 heavy (non-hydrogen) atoms. The first-order valence-corrected chi connectivity index (χ1v) is 22.8. The van der Waals surface area contributed by atoms with E-state index in [4.69, 9.17) is 44.6 Å². The summed E-state index contributed by atoms with van der Waals surface area (Å²) in [5.74, 6) is -9.27. The van der Waals surface area contributed by atoms with Gasteiger partial charge in [0.1, 0.15) is 36.1 Å². The zero-order chi connectivity index (χ0) is 50.9. The molecule has 372 valence electrons. The van der Waals surface area contributed by atoms with Crippen LogP contribution in [0.1, 0.15) is 86.7 Å². The Bertz CT molecular complexity index is 2570. The number of rotatable bonds is 14. The summed E-state index contributed by atoms with van der Waals surface area (Å²) in [4.78, 5) is 112. The molecule has 2 saturated carbocycles. The Kier molecular flexibility index (Phi) is 14.5. The molecule has 0 spiro atoms. The molecule has 4 aliphatic rings. The molecule has 11 atom stereocenters. The van der Waals surface area contributed by atoms with Crippen LogP contribution < -0.4 is 16.8 Å². The Balaban J connectivity index is 1.45. The van der Waals surface area contributed by atoms with Gasteiger partial charge >= 0.3 is 35.8 Å². The van der Waals surface area contributed by atoms with Crippen molar-refractivity contribution in [2.75, 3.05) is 19.7 Å². The van der Waals surface area contributed by atoms with E-state index in [2.05, 4.69) is 5.32 Å². The fourth-order valence-electron chi connectivity index (χ4n) is 10.8. The molecule has 0 radical (unpaired) electrons. The number of aliphatic hydroxyl groups is 1. The molecule has 1 heterocycles. The van der Waals surface area contributed by atoms with Crippen molar-refractivity contribution in [1.82, 2.24) is 5.32 Å². The van der Waals surface area contributed by atoms with E-state index in [1.807, 2.05) is 0 Å². The molecule has 7 rings (SSSR count). The van der Waals surface area contributed by atoms with E-state index in [0.29, 0.717) is 5.56 Å². The SMILES string of the molecule is CC(=O)O[C@H]1C(=O)[C@@]2(C)C([C@H](OC(=O)c3ccccc3)[C@]3(O)C[C@H](OC(=O)[C@H](OC(=O)CN)[C@@H](NC(=O)c4ccccc4)c4ccccc4)C(C)=C1C3(C)C)[C@]1(OC(C)=O)CO[C@@H]1C[C@@H]2OC(=O)CN. The second-order valence-corrected chi connectivity index (χ2v) is 18.7. The largest absolute Gasteiger partial charge is 0.460 e. The lowest BCUT2D eigenvalue weighted by Gasteiger charge is -2.67. The first-order chi connectivity index (χ1) is 33.1. The lowest BCUT2D eigenvalue weighted by atomic mass is 9.44. The smallest absolute Gasteiger partial charge is 0.350 e. The van der Waals surface area contributed by atoms with Crippen LogP contribution >= 0.6 is 0 Å². The van der Waals surface area contributed by atoms with Gasteiger partial charge in [-0.05, 0) is 54.8 Å². The molecule has 19 nitrogen and oxygen atoms in total. The number of hydrogen-bond acceptors (Lipinski definition) is 18. The zero-order valence-corrected chi connectivity index (χ0v) is 39.5. The zero-order valence-electron chi connectivity index (χ0n) is 39.5. The predicted octanol–water partition coefficient (Wildman–Crippen LogP) is 2.75. The van der Waals surface area contributed by atoms with Gasteiger partial charge in [-0.2, -0.15) is 0 Å². The number of nitrogens with one attached hydrogen (secondary N) is 1. The van der Waals surface area contributed by atoms with E-state index < -0.39 is 138 Å². The maximum absolute atomic E-state index is 16.0. The summed E-state index contributed by atoms with van der Waals surface area (Å²) in [6.45, 7) is 6.41. The molecule has 1 amide bonds. The Morgan fingerprint density at radius 2 is 1.37 bits per heavy atom. The fraction of sp³-hybridized carbons (Fsp3) is 0.451. The highest BCUT2D eigenvalue weighted by Crippen LogP contribution is 2.65. The summed E-state index contributed by atoms with van der Waals surface area (Å²) in [5, 5.41) is 16.8. The van der Waals surface area contributed by atoms with Crippen molar-refractivity contribution in [3.05, 3.63) is 119 Å². The normalized spacial score (nSPS) is 29.4. The lowest BCUT2D eigenvalue weighted by molar-refractivity contribution is -0.346. The first-order valence-electron chi connectivity index (χ1n) is 22.8. The van der Waals surface area contributed by atoms with Crippen LogP contribution in [0.2, 0.25) is 0 Å². The van der Waals surface area contributed by atoms with Gasteiger partial charge in [0.15, 0.2) is 17.5 Å². The molecule has 6 N–H and O–H groups in total. The van der Waals surface area contributed by atoms with E-state index in [-0.39, 0.29) is 35.3 Å². The Hall–Kier alpha value is -6.80. The van der Waals surface area contributed by atoms with Crippen LogP contribution in [0.25, 0.3) is 0 Å². The molecule has 0 aromatic heterocycles. The van der Waals surface area contributed by atoms with Crippen molar-refractivity contribution in [2.24, 2.45) is 28.2 Å². The summed E-state index contributed by atoms with van der Waals surface area (Å²) in [7, 11) is 0. The number of Topliss-reactive ketones (excluding diaryl/α,β-unsaturated/α-hetero) is 1. The topological polar surface area (TPSA) is 285 Å². The number of carbonyl (C=O) groups is 8. The molecule has 3 aromatic rings. The maximum Gasteiger partial charge on any atom is 0.350 e. The Labute approximate surface area is 403 Å². The van der Waals surface area contributed by atoms with Gasteiger partial charge in [-0.3, -0.25) is 28.8 Å². The van der Waals surface area contributed by atoms with Crippen LogP contribution in [0.4, 0.5) is 0 Å². The lowest BCUT2D eigenvalue weighted by Crippen LogP contribution is -2.82. The molecule has 3 aliphatic carbocycles. The minimum atomic E-state index is -2.51. The number of ether oxygens (including phenoxy) is 7. The van der Waals surface area contributed by atoms with E-state index in [1.54, 1.807) is 66.7 Å². The highest BCUT2D eigenvalue weighted by molar-refractivity contribution is 5.97. The van der Waals surface area contributed by atoms with E-state index in [9.17, 15) is 33.9 Å². The quantitative estimate of drug-likeness (QED) is 0.103. The summed E-state index contributed by atoms with van der Waals surface area (Å²) in [6.07, 6.45) is -10.9. The van der Waals surface area contributed by atoms with Crippen molar-refractivity contribution in [3.63, 3.8) is 0 Å². The molecule has 3 aromatic carbocycles. The van der Waals surface area contributed by atoms with Crippen LogP contribution in [0, 0.1) is 16.7 Å². The predicted molar refractivity (Wildman–Crippen MR) is 244 cm³/mol. The van der Waals surface area contributed by atoms with Crippen LogP contribution in [-0.4, -0.2) is 120 Å². The van der Waals surface area contributed by atoms with Crippen molar-refractivity contribution < 1.29 is 76.6 Å². The number of nitrogens with two attached hydrogens (primary N) is 2. The summed E-state index contributed by atoms with van der Waals surface area (Å²) in [6, 6.07) is 22.5. The number of carbonyl (C=O) groups excluding carboxylic acids is 8. The summed E-state index contributed by atoms with van der Waals surface area (Å²) < 4.78 is 42.6.